The molecule has 0 N–H and O–H groups in total. The fourth-order valence-corrected chi connectivity index (χ4v) is 3.79. The predicted molar refractivity (Wildman–Crippen MR) is 99.4 cm³/mol. The monoisotopic (exact) mass is 353 g/mol. The molecule has 1 aromatic carbocycles. The molecule has 5 heteroatoms. The molecular formula is C21H23NO4. The molecule has 2 unspecified atom stereocenters. The largest absolute Gasteiger partial charge is 0.497 e. The van der Waals surface area contributed by atoms with E-state index in [1.165, 1.54) is 6.08 Å². The summed E-state index contributed by atoms with van der Waals surface area (Å²) in [5.41, 5.74) is 2.80. The van der Waals surface area contributed by atoms with Gasteiger partial charge in [0.15, 0.2) is 0 Å². The van der Waals surface area contributed by atoms with Gasteiger partial charge in [-0.15, -0.1) is 0 Å². The van der Waals surface area contributed by atoms with Crippen molar-refractivity contribution >= 4 is 17.5 Å². The van der Waals surface area contributed by atoms with E-state index in [4.69, 9.17) is 9.47 Å². The van der Waals surface area contributed by atoms with Gasteiger partial charge in [0.25, 0.3) is 0 Å². The molecule has 5 nitrogen and oxygen atoms in total. The summed E-state index contributed by atoms with van der Waals surface area (Å²) in [6, 6.07) is 7.51. The van der Waals surface area contributed by atoms with Crippen molar-refractivity contribution in [3.8, 4) is 5.75 Å². The predicted octanol–water partition coefficient (Wildman–Crippen LogP) is 3.61. The number of allylic oxidation sites excluding steroid dienone is 1. The van der Waals surface area contributed by atoms with E-state index >= 15 is 0 Å². The molecule has 1 fully saturated rings. The smallest absolute Gasteiger partial charge is 0.336 e. The molecule has 1 aliphatic carbocycles. The zero-order chi connectivity index (χ0) is 18.7. The first-order chi connectivity index (χ1) is 12.6. The SMILES string of the molecule is C=CCOC(=O)C1=C(C)N=C2CCCC(=O)C2C1c1cccc(OC)c1. The Morgan fingerprint density at radius 1 is 1.35 bits per heavy atom. The van der Waals surface area contributed by atoms with E-state index in [9.17, 15) is 9.59 Å². The average Bonchev–Trinajstić information content (AvgIpc) is 2.65. The lowest BCUT2D eigenvalue weighted by atomic mass is 9.69. The first kappa shape index (κ1) is 18.1. The van der Waals surface area contributed by atoms with Gasteiger partial charge in [-0.25, -0.2) is 4.79 Å². The second-order valence-electron chi connectivity index (χ2n) is 6.54. The molecule has 0 amide bonds. The molecule has 0 saturated heterocycles. The van der Waals surface area contributed by atoms with Crippen molar-refractivity contribution < 1.29 is 19.1 Å². The number of hydrogen-bond acceptors (Lipinski definition) is 5. The van der Waals surface area contributed by atoms with Crippen LogP contribution in [0, 0.1) is 5.92 Å². The molecular weight excluding hydrogens is 330 g/mol. The van der Waals surface area contributed by atoms with E-state index in [1.807, 2.05) is 24.3 Å². The van der Waals surface area contributed by atoms with Crippen LogP contribution in [0.15, 0.2) is 53.2 Å². The number of carbonyl (C=O) groups is 2. The second-order valence-corrected chi connectivity index (χ2v) is 6.54. The lowest BCUT2D eigenvalue weighted by Gasteiger charge is -2.35. The summed E-state index contributed by atoms with van der Waals surface area (Å²) in [6.45, 7) is 5.51. The molecule has 0 radical (unpaired) electrons. The van der Waals surface area contributed by atoms with Crippen LogP contribution in [0.5, 0.6) is 5.75 Å². The van der Waals surface area contributed by atoms with E-state index in [0.29, 0.717) is 23.4 Å². The van der Waals surface area contributed by atoms with Crippen LogP contribution in [-0.2, 0) is 14.3 Å². The highest BCUT2D eigenvalue weighted by Crippen LogP contribution is 2.43. The molecule has 1 saturated carbocycles. The Morgan fingerprint density at radius 3 is 2.88 bits per heavy atom. The molecule has 1 aromatic rings. The number of hydrogen-bond donors (Lipinski definition) is 0. The van der Waals surface area contributed by atoms with Gasteiger partial charge >= 0.3 is 5.97 Å². The molecule has 1 aliphatic heterocycles. The van der Waals surface area contributed by atoms with Gasteiger partial charge < -0.3 is 9.47 Å². The van der Waals surface area contributed by atoms with E-state index in [-0.39, 0.29) is 12.4 Å². The third-order valence-corrected chi connectivity index (χ3v) is 4.91. The summed E-state index contributed by atoms with van der Waals surface area (Å²) >= 11 is 0. The zero-order valence-electron chi connectivity index (χ0n) is 15.2. The molecule has 3 rings (SSSR count). The van der Waals surface area contributed by atoms with Crippen molar-refractivity contribution in [2.75, 3.05) is 13.7 Å². The Hall–Kier alpha value is -2.69. The normalized spacial score (nSPS) is 22.4. The van der Waals surface area contributed by atoms with Crippen molar-refractivity contribution in [1.82, 2.24) is 0 Å². The Bertz CT molecular complexity index is 806. The highest BCUT2D eigenvalue weighted by molar-refractivity contribution is 6.11. The van der Waals surface area contributed by atoms with Crippen molar-refractivity contribution in [3.63, 3.8) is 0 Å². The first-order valence-electron chi connectivity index (χ1n) is 8.79. The molecule has 0 aromatic heterocycles. The van der Waals surface area contributed by atoms with E-state index in [1.54, 1.807) is 14.0 Å². The third-order valence-electron chi connectivity index (χ3n) is 4.91. The number of esters is 1. The summed E-state index contributed by atoms with van der Waals surface area (Å²) in [6.07, 6.45) is 3.63. The van der Waals surface area contributed by atoms with Crippen LogP contribution in [0.3, 0.4) is 0 Å². The molecule has 1 heterocycles. The lowest BCUT2D eigenvalue weighted by molar-refractivity contribution is -0.138. The first-order valence-corrected chi connectivity index (χ1v) is 8.79. The minimum atomic E-state index is -0.448. The maximum Gasteiger partial charge on any atom is 0.336 e. The minimum absolute atomic E-state index is 0.121. The number of ketones is 1. The van der Waals surface area contributed by atoms with Crippen molar-refractivity contribution in [2.45, 2.75) is 32.1 Å². The van der Waals surface area contributed by atoms with Gasteiger partial charge in [-0.2, -0.15) is 0 Å². The molecule has 2 aliphatic rings. The molecule has 0 spiro atoms. The second kappa shape index (κ2) is 7.68. The van der Waals surface area contributed by atoms with Crippen LogP contribution >= 0.6 is 0 Å². The third kappa shape index (κ3) is 3.34. The van der Waals surface area contributed by atoms with E-state index < -0.39 is 17.8 Å². The number of carbonyl (C=O) groups excluding carboxylic acids is 2. The molecule has 0 bridgehead atoms. The molecule has 26 heavy (non-hydrogen) atoms. The number of methoxy groups -OCH3 is 1. The van der Waals surface area contributed by atoms with Gasteiger partial charge in [0.2, 0.25) is 0 Å². The summed E-state index contributed by atoms with van der Waals surface area (Å²) in [7, 11) is 1.60. The Morgan fingerprint density at radius 2 is 2.15 bits per heavy atom. The van der Waals surface area contributed by atoms with Crippen LogP contribution in [0.2, 0.25) is 0 Å². The van der Waals surface area contributed by atoms with Gasteiger partial charge in [0, 0.05) is 23.7 Å². The quantitative estimate of drug-likeness (QED) is 0.599. The number of ether oxygens (including phenoxy) is 2. The van der Waals surface area contributed by atoms with Gasteiger partial charge in [0.1, 0.15) is 18.1 Å². The van der Waals surface area contributed by atoms with Gasteiger partial charge in [0.05, 0.1) is 18.6 Å². The number of aliphatic imine (C=N–C) groups is 1. The summed E-state index contributed by atoms with van der Waals surface area (Å²) in [5, 5.41) is 0. The highest BCUT2D eigenvalue weighted by atomic mass is 16.5. The molecule has 2 atom stereocenters. The Balaban J connectivity index is 2.12. The van der Waals surface area contributed by atoms with Crippen LogP contribution in [0.4, 0.5) is 0 Å². The average molecular weight is 353 g/mol. The highest BCUT2D eigenvalue weighted by Gasteiger charge is 2.43. The van der Waals surface area contributed by atoms with Crippen molar-refractivity contribution in [3.05, 3.63) is 53.8 Å². The Kier molecular flexibility index (Phi) is 5.35. The summed E-state index contributed by atoms with van der Waals surface area (Å²) in [5.74, 6) is -0.444. The van der Waals surface area contributed by atoms with Crippen molar-refractivity contribution in [2.24, 2.45) is 10.9 Å². The standard InChI is InChI=1S/C21H23NO4/c1-4-11-26-21(24)18-13(2)22-16-9-6-10-17(23)20(16)19(18)14-7-5-8-15(12-14)25-3/h4-5,7-8,12,19-20H,1,6,9-11H2,2-3H3. The fourth-order valence-electron chi connectivity index (χ4n) is 3.79. The summed E-state index contributed by atoms with van der Waals surface area (Å²) in [4.78, 5) is 30.1. The number of rotatable bonds is 5. The molecule has 136 valence electrons. The maximum absolute atomic E-state index is 12.8. The Labute approximate surface area is 153 Å². The van der Waals surface area contributed by atoms with Crippen LogP contribution in [0.1, 0.15) is 37.7 Å². The minimum Gasteiger partial charge on any atom is -0.497 e. The van der Waals surface area contributed by atoms with Gasteiger partial charge in [-0.05, 0) is 37.5 Å². The number of nitrogens with zero attached hydrogens (tertiary/aromatic N) is 1. The number of Topliss-reactive ketones (excluding diaryl/α,β-unsaturated/α-hetero) is 1. The zero-order valence-corrected chi connectivity index (χ0v) is 15.2. The van der Waals surface area contributed by atoms with Crippen LogP contribution < -0.4 is 4.74 Å². The topological polar surface area (TPSA) is 65.0 Å². The number of fused-ring (bicyclic) bond motifs is 1. The summed E-state index contributed by atoms with van der Waals surface area (Å²) < 4.78 is 10.6. The van der Waals surface area contributed by atoms with E-state index in [2.05, 4.69) is 11.6 Å². The number of benzene rings is 1. The van der Waals surface area contributed by atoms with E-state index in [0.717, 1.165) is 24.1 Å². The van der Waals surface area contributed by atoms with Crippen LogP contribution in [-0.4, -0.2) is 31.2 Å². The van der Waals surface area contributed by atoms with Crippen molar-refractivity contribution in [1.29, 1.82) is 0 Å². The maximum atomic E-state index is 12.8. The van der Waals surface area contributed by atoms with Gasteiger partial charge in [-0.3, -0.25) is 9.79 Å². The van der Waals surface area contributed by atoms with Crippen LogP contribution in [0.25, 0.3) is 0 Å². The fraction of sp³-hybridized carbons (Fsp3) is 0.381. The van der Waals surface area contributed by atoms with Gasteiger partial charge in [-0.1, -0.05) is 24.8 Å². The lowest BCUT2D eigenvalue weighted by Crippen LogP contribution is -2.39.